The van der Waals surface area contributed by atoms with E-state index in [9.17, 15) is 9.59 Å². The zero-order valence-electron chi connectivity index (χ0n) is 20.4. The van der Waals surface area contributed by atoms with E-state index in [1.807, 2.05) is 43.0 Å². The van der Waals surface area contributed by atoms with Crippen LogP contribution in [-0.2, 0) is 16.0 Å². The lowest BCUT2D eigenvalue weighted by molar-refractivity contribution is -0.143. The largest absolute Gasteiger partial charge is 0.493 e. The van der Waals surface area contributed by atoms with Crippen LogP contribution in [0.25, 0.3) is 0 Å². The molecular weight excluding hydrogens is 436 g/mol. The van der Waals surface area contributed by atoms with Gasteiger partial charge in [0.25, 0.3) is 0 Å². The number of hydrogen-bond donors (Lipinski definition) is 0. The molecule has 3 rings (SSSR count). The number of para-hydroxylation sites is 2. The van der Waals surface area contributed by atoms with Gasteiger partial charge in [0.05, 0.1) is 19.7 Å². The minimum absolute atomic E-state index is 0.0294. The van der Waals surface area contributed by atoms with Gasteiger partial charge in [0.15, 0.2) is 11.5 Å². The van der Waals surface area contributed by atoms with Gasteiger partial charge in [-0.1, -0.05) is 39.8 Å². The first-order valence-electron chi connectivity index (χ1n) is 11.7. The van der Waals surface area contributed by atoms with Crippen molar-refractivity contribution in [3.8, 4) is 11.5 Å². The van der Waals surface area contributed by atoms with Crippen LogP contribution in [0.15, 0.2) is 35.7 Å². The maximum atomic E-state index is 13.5. The van der Waals surface area contributed by atoms with Crippen LogP contribution in [0.5, 0.6) is 11.5 Å². The highest BCUT2D eigenvalue weighted by molar-refractivity contribution is 7.10. The molecule has 0 fully saturated rings. The Morgan fingerprint density at radius 3 is 2.52 bits per heavy atom. The summed E-state index contributed by atoms with van der Waals surface area (Å²) in [6.45, 7) is 9.85. The van der Waals surface area contributed by atoms with Crippen LogP contribution in [0.1, 0.15) is 50.6 Å². The third kappa shape index (κ3) is 6.50. The molecule has 0 radical (unpaired) electrons. The number of carbonyl (C=O) groups is 2. The molecule has 1 aliphatic rings. The zero-order chi connectivity index (χ0) is 24.0. The van der Waals surface area contributed by atoms with E-state index in [2.05, 4.69) is 25.3 Å². The van der Waals surface area contributed by atoms with Crippen molar-refractivity contribution in [3.05, 3.63) is 46.2 Å². The molecule has 1 aromatic heterocycles. The molecule has 0 bridgehead atoms. The first-order chi connectivity index (χ1) is 15.8. The zero-order valence-corrected chi connectivity index (χ0v) is 21.2. The molecule has 2 aromatic rings. The second-order valence-corrected chi connectivity index (χ2v) is 10.4. The first kappa shape index (κ1) is 25.1. The molecule has 2 amide bonds. The van der Waals surface area contributed by atoms with Crippen molar-refractivity contribution >= 4 is 23.2 Å². The van der Waals surface area contributed by atoms with Crippen LogP contribution in [0, 0.1) is 11.8 Å². The van der Waals surface area contributed by atoms with Crippen LogP contribution >= 0.6 is 11.3 Å². The summed E-state index contributed by atoms with van der Waals surface area (Å²) in [4.78, 5) is 31.3. The third-order valence-electron chi connectivity index (χ3n) is 5.73. The van der Waals surface area contributed by atoms with Gasteiger partial charge in [-0.25, -0.2) is 0 Å². The van der Waals surface area contributed by atoms with Gasteiger partial charge in [-0.15, -0.1) is 11.3 Å². The summed E-state index contributed by atoms with van der Waals surface area (Å²) in [5.74, 6) is 1.89. The SMILES string of the molecule is COc1ccccc1OC[C@@H]1c2ccsc2CCN1C(=O)CN(CC(C)C)C(=O)CC(C)C. The number of nitrogens with zero attached hydrogens (tertiary/aromatic N) is 2. The number of thiophene rings is 1. The Labute approximate surface area is 201 Å². The highest BCUT2D eigenvalue weighted by Crippen LogP contribution is 2.35. The van der Waals surface area contributed by atoms with Crippen LogP contribution in [-0.4, -0.2) is 55.0 Å². The fourth-order valence-electron chi connectivity index (χ4n) is 4.21. The number of ether oxygens (including phenoxy) is 2. The summed E-state index contributed by atoms with van der Waals surface area (Å²) in [5, 5.41) is 2.08. The van der Waals surface area contributed by atoms with Crippen molar-refractivity contribution < 1.29 is 19.1 Å². The molecule has 0 unspecified atom stereocenters. The van der Waals surface area contributed by atoms with Gasteiger partial charge in [-0.05, 0) is 47.4 Å². The van der Waals surface area contributed by atoms with Crippen molar-refractivity contribution in [2.24, 2.45) is 11.8 Å². The number of carbonyl (C=O) groups excluding carboxylic acids is 2. The minimum atomic E-state index is -0.196. The van der Waals surface area contributed by atoms with Gasteiger partial charge in [0.1, 0.15) is 6.61 Å². The summed E-state index contributed by atoms with van der Waals surface area (Å²) in [7, 11) is 1.62. The normalized spacial score (nSPS) is 15.5. The number of amides is 2. The molecule has 1 aliphatic heterocycles. The Morgan fingerprint density at radius 1 is 1.12 bits per heavy atom. The summed E-state index contributed by atoms with van der Waals surface area (Å²) < 4.78 is 11.6. The molecule has 0 N–H and O–H groups in total. The van der Waals surface area contributed by atoms with E-state index in [0.717, 1.165) is 12.0 Å². The number of methoxy groups -OCH3 is 1. The third-order valence-corrected chi connectivity index (χ3v) is 6.72. The maximum absolute atomic E-state index is 13.5. The quantitative estimate of drug-likeness (QED) is 0.499. The van der Waals surface area contributed by atoms with Crippen LogP contribution < -0.4 is 9.47 Å². The van der Waals surface area contributed by atoms with Crippen molar-refractivity contribution in [2.75, 3.05) is 33.4 Å². The second-order valence-electron chi connectivity index (χ2n) is 9.38. The molecule has 6 nitrogen and oxygen atoms in total. The molecule has 7 heteroatoms. The van der Waals surface area contributed by atoms with Crippen LogP contribution in [0.4, 0.5) is 0 Å². The Bertz CT molecular complexity index is 940. The van der Waals surface area contributed by atoms with Crippen molar-refractivity contribution in [3.63, 3.8) is 0 Å². The van der Waals surface area contributed by atoms with Gasteiger partial charge >= 0.3 is 0 Å². The van der Waals surface area contributed by atoms with Crippen molar-refractivity contribution in [2.45, 2.75) is 46.6 Å². The molecule has 0 saturated heterocycles. The smallest absolute Gasteiger partial charge is 0.242 e. The predicted molar refractivity (Wildman–Crippen MR) is 132 cm³/mol. The van der Waals surface area contributed by atoms with E-state index < -0.39 is 0 Å². The highest BCUT2D eigenvalue weighted by Gasteiger charge is 2.33. The predicted octanol–water partition coefficient (Wildman–Crippen LogP) is 4.79. The van der Waals surface area contributed by atoms with E-state index in [4.69, 9.17) is 9.47 Å². The summed E-state index contributed by atoms with van der Waals surface area (Å²) in [5.41, 5.74) is 1.14. The maximum Gasteiger partial charge on any atom is 0.242 e. The Morgan fingerprint density at radius 2 is 1.85 bits per heavy atom. The lowest BCUT2D eigenvalue weighted by Gasteiger charge is -2.37. The first-order valence-corrected chi connectivity index (χ1v) is 12.6. The van der Waals surface area contributed by atoms with E-state index in [0.29, 0.717) is 43.5 Å². The second kappa shape index (κ2) is 11.5. The van der Waals surface area contributed by atoms with Gasteiger partial charge in [-0.2, -0.15) is 0 Å². The lowest BCUT2D eigenvalue weighted by Crippen LogP contribution is -2.48. The topological polar surface area (TPSA) is 59.1 Å². The van der Waals surface area contributed by atoms with Crippen LogP contribution in [0.2, 0.25) is 0 Å². The molecule has 0 spiro atoms. The molecule has 1 atom stereocenters. The Balaban J connectivity index is 1.78. The van der Waals surface area contributed by atoms with E-state index in [1.54, 1.807) is 23.3 Å². The highest BCUT2D eigenvalue weighted by atomic mass is 32.1. The summed E-state index contributed by atoms with van der Waals surface area (Å²) in [6, 6.07) is 9.43. The van der Waals surface area contributed by atoms with Gasteiger partial charge < -0.3 is 19.3 Å². The molecule has 0 saturated carbocycles. The number of rotatable bonds is 10. The van der Waals surface area contributed by atoms with Gasteiger partial charge in [0, 0.05) is 24.4 Å². The fourth-order valence-corrected chi connectivity index (χ4v) is 5.14. The summed E-state index contributed by atoms with van der Waals surface area (Å²) in [6.07, 6.45) is 1.28. The molecule has 2 heterocycles. The molecule has 33 heavy (non-hydrogen) atoms. The monoisotopic (exact) mass is 472 g/mol. The van der Waals surface area contributed by atoms with Crippen LogP contribution in [0.3, 0.4) is 0 Å². The van der Waals surface area contributed by atoms with E-state index in [-0.39, 0.29) is 30.3 Å². The average Bonchev–Trinajstić information content (AvgIpc) is 3.25. The molecule has 180 valence electrons. The van der Waals surface area contributed by atoms with E-state index >= 15 is 0 Å². The molecule has 0 aliphatic carbocycles. The summed E-state index contributed by atoms with van der Waals surface area (Å²) >= 11 is 1.72. The average molecular weight is 473 g/mol. The van der Waals surface area contributed by atoms with Gasteiger partial charge in [0.2, 0.25) is 11.8 Å². The lowest BCUT2D eigenvalue weighted by atomic mass is 10.00. The number of fused-ring (bicyclic) bond motifs is 1. The van der Waals surface area contributed by atoms with Crippen molar-refractivity contribution in [1.29, 1.82) is 0 Å². The van der Waals surface area contributed by atoms with E-state index in [1.165, 1.54) is 4.88 Å². The Hall–Kier alpha value is -2.54. The van der Waals surface area contributed by atoms with Gasteiger partial charge in [-0.3, -0.25) is 9.59 Å². The Kier molecular flexibility index (Phi) is 8.78. The number of benzene rings is 1. The minimum Gasteiger partial charge on any atom is -0.493 e. The fraction of sp³-hybridized carbons (Fsp3) is 0.538. The molecule has 1 aromatic carbocycles. The number of hydrogen-bond acceptors (Lipinski definition) is 5. The molecular formula is C26H36N2O4S. The standard InChI is InChI=1S/C26H36N2O4S/c1-18(2)14-25(29)27(15-19(3)4)16-26(30)28-12-10-24-20(11-13-33-24)21(28)17-32-23-9-7-6-8-22(23)31-5/h6-9,11,13,18-19,21H,10,12,14-17H2,1-5H3/t21-/m1/s1. The van der Waals surface area contributed by atoms with Crippen molar-refractivity contribution in [1.82, 2.24) is 9.80 Å².